The fraction of sp³-hybridized carbons (Fsp3) is 0.118. The minimum Gasteiger partial charge on any atom is -0.378 e. The highest BCUT2D eigenvalue weighted by atomic mass is 35.5. The number of anilines is 1. The number of nitrogens with zero attached hydrogens (tertiary/aromatic N) is 2. The zero-order valence-corrected chi connectivity index (χ0v) is 12.5. The first kappa shape index (κ1) is 13.7. The third-order valence-corrected chi connectivity index (χ3v) is 3.58. The average Bonchev–Trinajstić information content (AvgIpc) is 2.98. The number of hydrogen-bond donors (Lipinski definition) is 1. The van der Waals surface area contributed by atoms with Gasteiger partial charge in [-0.15, -0.1) is 0 Å². The molecular weight excluding hydrogens is 282 g/mol. The van der Waals surface area contributed by atoms with Crippen LogP contribution in [-0.4, -0.2) is 9.78 Å². The maximum atomic E-state index is 6.18. The van der Waals surface area contributed by atoms with Crippen LogP contribution in [0.15, 0.2) is 60.8 Å². The van der Waals surface area contributed by atoms with E-state index in [1.165, 1.54) is 5.56 Å². The molecule has 0 unspecified atom stereocenters. The van der Waals surface area contributed by atoms with Crippen LogP contribution in [0.3, 0.4) is 0 Å². The number of nitrogens with one attached hydrogen (secondary N) is 1. The van der Waals surface area contributed by atoms with Gasteiger partial charge in [-0.3, -0.25) is 0 Å². The Kier molecular flexibility index (Phi) is 3.93. The molecule has 0 aliphatic carbocycles. The highest BCUT2D eigenvalue weighted by molar-refractivity contribution is 6.33. The van der Waals surface area contributed by atoms with Gasteiger partial charge in [0.15, 0.2) is 0 Å². The summed E-state index contributed by atoms with van der Waals surface area (Å²) in [5.74, 6) is 0. The number of aryl methyl sites for hydroxylation is 1. The molecule has 3 rings (SSSR count). The lowest BCUT2D eigenvalue weighted by Gasteiger charge is -2.07. The van der Waals surface area contributed by atoms with Crippen molar-refractivity contribution in [3.05, 3.63) is 77.1 Å². The van der Waals surface area contributed by atoms with Gasteiger partial charge >= 0.3 is 0 Å². The van der Waals surface area contributed by atoms with E-state index < -0.39 is 0 Å². The Morgan fingerprint density at radius 2 is 1.90 bits per heavy atom. The number of benzene rings is 2. The largest absolute Gasteiger partial charge is 0.378 e. The lowest BCUT2D eigenvalue weighted by Crippen LogP contribution is -2.02. The van der Waals surface area contributed by atoms with Crippen LogP contribution in [-0.2, 0) is 6.54 Å². The smallest absolute Gasteiger partial charge is 0.0819 e. The Balaban J connectivity index is 1.72. The first-order valence-electron chi connectivity index (χ1n) is 6.82. The topological polar surface area (TPSA) is 29.9 Å². The van der Waals surface area contributed by atoms with E-state index in [2.05, 4.69) is 10.4 Å². The maximum absolute atomic E-state index is 6.18. The summed E-state index contributed by atoms with van der Waals surface area (Å²) < 4.78 is 1.87. The summed E-state index contributed by atoms with van der Waals surface area (Å²) in [6.45, 7) is 2.69. The van der Waals surface area contributed by atoms with Crippen LogP contribution in [0.25, 0.3) is 5.69 Å². The molecule has 0 aliphatic rings. The van der Waals surface area contributed by atoms with E-state index in [4.69, 9.17) is 11.6 Å². The summed E-state index contributed by atoms with van der Waals surface area (Å²) in [5.41, 5.74) is 4.14. The lowest BCUT2D eigenvalue weighted by atomic mass is 10.2. The summed E-state index contributed by atoms with van der Waals surface area (Å²) in [6, 6.07) is 18.0. The maximum Gasteiger partial charge on any atom is 0.0819 e. The molecule has 3 aromatic rings. The molecule has 0 amide bonds. The summed E-state index contributed by atoms with van der Waals surface area (Å²) in [6.07, 6.45) is 1.96. The van der Waals surface area contributed by atoms with Crippen molar-refractivity contribution in [1.29, 1.82) is 0 Å². The second-order valence-corrected chi connectivity index (χ2v) is 5.33. The van der Waals surface area contributed by atoms with Crippen molar-refractivity contribution in [3.63, 3.8) is 0 Å². The van der Waals surface area contributed by atoms with Crippen LogP contribution in [0.5, 0.6) is 0 Å². The molecule has 1 heterocycles. The fourth-order valence-corrected chi connectivity index (χ4v) is 2.33. The molecule has 0 radical (unpaired) electrons. The quantitative estimate of drug-likeness (QED) is 0.771. The van der Waals surface area contributed by atoms with E-state index in [0.29, 0.717) is 6.54 Å². The molecule has 0 saturated carbocycles. The average molecular weight is 298 g/mol. The molecule has 1 N–H and O–H groups in total. The summed E-state index contributed by atoms with van der Waals surface area (Å²) in [4.78, 5) is 0. The van der Waals surface area contributed by atoms with Gasteiger partial charge in [-0.25, -0.2) is 4.68 Å². The van der Waals surface area contributed by atoms with E-state index in [1.54, 1.807) is 0 Å². The molecule has 0 fully saturated rings. The van der Waals surface area contributed by atoms with Crippen LogP contribution in [0.4, 0.5) is 5.69 Å². The Morgan fingerprint density at radius 1 is 1.10 bits per heavy atom. The molecule has 0 aliphatic heterocycles. The predicted molar refractivity (Wildman–Crippen MR) is 87.1 cm³/mol. The van der Waals surface area contributed by atoms with E-state index in [9.17, 15) is 0 Å². The zero-order chi connectivity index (χ0) is 14.7. The van der Waals surface area contributed by atoms with Crippen molar-refractivity contribution < 1.29 is 0 Å². The van der Waals surface area contributed by atoms with Crippen molar-refractivity contribution in [1.82, 2.24) is 9.78 Å². The standard InChI is InChI=1S/C17H16ClN3/c1-13-7-8-16(18)17(11-13)19-12-14-9-10-21(20-14)15-5-3-2-4-6-15/h2-11,19H,12H2,1H3. The van der Waals surface area contributed by atoms with Gasteiger partial charge in [0.05, 0.1) is 28.6 Å². The molecule has 0 spiro atoms. The second-order valence-electron chi connectivity index (χ2n) is 4.92. The molecular formula is C17H16ClN3. The van der Waals surface area contributed by atoms with Gasteiger partial charge in [0, 0.05) is 6.20 Å². The lowest BCUT2D eigenvalue weighted by molar-refractivity contribution is 0.844. The van der Waals surface area contributed by atoms with Crippen LogP contribution < -0.4 is 5.32 Å². The van der Waals surface area contributed by atoms with Crippen LogP contribution in [0, 0.1) is 6.92 Å². The Labute approximate surface area is 129 Å². The fourth-order valence-electron chi connectivity index (χ4n) is 2.14. The Hall–Kier alpha value is -2.26. The first-order chi connectivity index (χ1) is 10.2. The number of para-hydroxylation sites is 1. The Bertz CT molecular complexity index is 735. The van der Waals surface area contributed by atoms with E-state index >= 15 is 0 Å². The van der Waals surface area contributed by atoms with E-state index in [0.717, 1.165) is 22.1 Å². The molecule has 0 bridgehead atoms. The van der Waals surface area contributed by atoms with Gasteiger partial charge < -0.3 is 5.32 Å². The van der Waals surface area contributed by atoms with Crippen molar-refractivity contribution in [2.75, 3.05) is 5.32 Å². The molecule has 0 atom stereocenters. The molecule has 21 heavy (non-hydrogen) atoms. The number of hydrogen-bond acceptors (Lipinski definition) is 2. The predicted octanol–water partition coefficient (Wildman–Crippen LogP) is 4.45. The van der Waals surface area contributed by atoms with Crippen molar-refractivity contribution in [2.24, 2.45) is 0 Å². The SMILES string of the molecule is Cc1ccc(Cl)c(NCc2ccn(-c3ccccc3)n2)c1. The van der Waals surface area contributed by atoms with Crippen molar-refractivity contribution >= 4 is 17.3 Å². The van der Waals surface area contributed by atoms with Gasteiger partial charge in [0.2, 0.25) is 0 Å². The number of aromatic nitrogens is 2. The monoisotopic (exact) mass is 297 g/mol. The minimum atomic E-state index is 0.642. The van der Waals surface area contributed by atoms with Gasteiger partial charge in [-0.1, -0.05) is 35.9 Å². The highest BCUT2D eigenvalue weighted by Gasteiger charge is 2.03. The van der Waals surface area contributed by atoms with Crippen LogP contribution >= 0.6 is 11.6 Å². The molecule has 0 saturated heterocycles. The molecule has 2 aromatic carbocycles. The van der Waals surface area contributed by atoms with E-state index in [-0.39, 0.29) is 0 Å². The molecule has 1 aromatic heterocycles. The van der Waals surface area contributed by atoms with E-state index in [1.807, 2.05) is 72.4 Å². The normalized spacial score (nSPS) is 10.6. The van der Waals surface area contributed by atoms with Crippen molar-refractivity contribution in [3.8, 4) is 5.69 Å². The zero-order valence-electron chi connectivity index (χ0n) is 11.8. The third kappa shape index (κ3) is 3.26. The second kappa shape index (κ2) is 6.02. The molecule has 3 nitrogen and oxygen atoms in total. The highest BCUT2D eigenvalue weighted by Crippen LogP contribution is 2.23. The summed E-state index contributed by atoms with van der Waals surface area (Å²) in [5, 5.41) is 8.61. The van der Waals surface area contributed by atoms with Gasteiger partial charge in [0.1, 0.15) is 0 Å². The number of rotatable bonds is 4. The first-order valence-corrected chi connectivity index (χ1v) is 7.20. The van der Waals surface area contributed by atoms with Gasteiger partial charge in [0.25, 0.3) is 0 Å². The summed E-state index contributed by atoms with van der Waals surface area (Å²) >= 11 is 6.18. The summed E-state index contributed by atoms with van der Waals surface area (Å²) in [7, 11) is 0. The van der Waals surface area contributed by atoms with Crippen LogP contribution in [0.1, 0.15) is 11.3 Å². The number of halogens is 1. The van der Waals surface area contributed by atoms with Gasteiger partial charge in [-0.05, 0) is 42.8 Å². The minimum absolute atomic E-state index is 0.642. The third-order valence-electron chi connectivity index (χ3n) is 3.25. The van der Waals surface area contributed by atoms with Crippen molar-refractivity contribution in [2.45, 2.75) is 13.5 Å². The molecule has 4 heteroatoms. The van der Waals surface area contributed by atoms with Crippen LogP contribution in [0.2, 0.25) is 5.02 Å². The van der Waals surface area contributed by atoms with Gasteiger partial charge in [-0.2, -0.15) is 5.10 Å². The Morgan fingerprint density at radius 3 is 2.71 bits per heavy atom. The molecule has 106 valence electrons.